The van der Waals surface area contributed by atoms with Crippen molar-refractivity contribution in [1.29, 1.82) is 0 Å². The van der Waals surface area contributed by atoms with Crippen molar-refractivity contribution < 1.29 is 23.1 Å². The number of likely N-dealkylation sites (N-methyl/N-ethyl adjacent to an activating group) is 1. The first-order valence-corrected chi connectivity index (χ1v) is 13.3. The highest BCUT2D eigenvalue weighted by molar-refractivity contribution is 6.02. The number of hydroxylamine groups is 1. The van der Waals surface area contributed by atoms with Gasteiger partial charge in [0.05, 0.1) is 36.8 Å². The number of nitrogens with zero attached hydrogens (tertiary/aromatic N) is 5. The Hall–Kier alpha value is -4.29. The van der Waals surface area contributed by atoms with E-state index < -0.39 is 17.7 Å². The lowest BCUT2D eigenvalue weighted by Gasteiger charge is -2.26. The van der Waals surface area contributed by atoms with E-state index in [4.69, 9.17) is 9.57 Å². The average molecular weight is 566 g/mol. The highest BCUT2D eigenvalue weighted by Gasteiger charge is 2.33. The molecule has 216 valence electrons. The van der Waals surface area contributed by atoms with Gasteiger partial charge >= 0.3 is 0 Å². The fourth-order valence-electron chi connectivity index (χ4n) is 5.22. The Labute approximate surface area is 237 Å². The van der Waals surface area contributed by atoms with Crippen LogP contribution in [0.4, 0.5) is 37.5 Å². The SMILES string of the molecule is C=CC(=O)Nc1cc(Nc2cc(N3OCCC3c3c(F)cccc3F)ncn2)c(OC)cc1N1CCC(N(C)C)C1. The van der Waals surface area contributed by atoms with E-state index in [0.29, 0.717) is 41.2 Å². The lowest BCUT2D eigenvalue weighted by atomic mass is 10.0. The van der Waals surface area contributed by atoms with E-state index in [1.807, 2.05) is 6.07 Å². The Morgan fingerprint density at radius 2 is 1.95 bits per heavy atom. The summed E-state index contributed by atoms with van der Waals surface area (Å²) in [5.41, 5.74) is 1.89. The Morgan fingerprint density at radius 1 is 1.17 bits per heavy atom. The summed E-state index contributed by atoms with van der Waals surface area (Å²) < 4.78 is 34.9. The van der Waals surface area contributed by atoms with Gasteiger partial charge in [-0.25, -0.2) is 23.8 Å². The molecule has 2 atom stereocenters. The van der Waals surface area contributed by atoms with Crippen LogP contribution < -0.4 is 25.3 Å². The molecule has 0 aliphatic carbocycles. The van der Waals surface area contributed by atoms with E-state index in [9.17, 15) is 13.6 Å². The summed E-state index contributed by atoms with van der Waals surface area (Å²) in [7, 11) is 5.68. The molecular weight excluding hydrogens is 532 g/mol. The second-order valence-corrected chi connectivity index (χ2v) is 10.1. The van der Waals surface area contributed by atoms with Gasteiger partial charge in [0, 0.05) is 43.2 Å². The molecule has 3 aromatic rings. The van der Waals surface area contributed by atoms with E-state index in [-0.39, 0.29) is 18.1 Å². The zero-order valence-corrected chi connectivity index (χ0v) is 23.2. The topological polar surface area (TPSA) is 95.1 Å². The van der Waals surface area contributed by atoms with Crippen LogP contribution in [0.15, 0.2) is 55.4 Å². The molecule has 2 fully saturated rings. The van der Waals surface area contributed by atoms with Gasteiger partial charge in [0.25, 0.3) is 0 Å². The molecule has 2 aliphatic heterocycles. The third-order valence-electron chi connectivity index (χ3n) is 7.37. The second-order valence-electron chi connectivity index (χ2n) is 10.1. The van der Waals surface area contributed by atoms with Crippen molar-refractivity contribution in [3.05, 3.63) is 72.6 Å². The maximum atomic E-state index is 14.6. The number of benzene rings is 2. The predicted molar refractivity (Wildman–Crippen MR) is 154 cm³/mol. The minimum Gasteiger partial charge on any atom is -0.494 e. The summed E-state index contributed by atoms with van der Waals surface area (Å²) >= 11 is 0. The first-order chi connectivity index (χ1) is 19.8. The number of methoxy groups -OCH3 is 1. The van der Waals surface area contributed by atoms with Crippen molar-refractivity contribution in [3.8, 4) is 5.75 Å². The molecule has 12 heteroatoms. The third-order valence-corrected chi connectivity index (χ3v) is 7.37. The highest BCUT2D eigenvalue weighted by atomic mass is 19.1. The van der Waals surface area contributed by atoms with Gasteiger partial charge in [0.15, 0.2) is 5.82 Å². The minimum absolute atomic E-state index is 0.0728. The maximum Gasteiger partial charge on any atom is 0.247 e. The van der Waals surface area contributed by atoms with E-state index in [0.717, 1.165) is 25.2 Å². The van der Waals surface area contributed by atoms with Gasteiger partial charge in [-0.3, -0.25) is 9.63 Å². The molecule has 0 radical (unpaired) electrons. The van der Waals surface area contributed by atoms with E-state index in [1.165, 1.54) is 35.7 Å². The minimum atomic E-state index is -0.694. The van der Waals surface area contributed by atoms with E-state index >= 15 is 0 Å². The lowest BCUT2D eigenvalue weighted by molar-refractivity contribution is -0.111. The Balaban J connectivity index is 1.45. The van der Waals surface area contributed by atoms with Crippen LogP contribution in [-0.2, 0) is 9.63 Å². The molecule has 0 saturated carbocycles. The smallest absolute Gasteiger partial charge is 0.247 e. The van der Waals surface area contributed by atoms with Gasteiger partial charge in [0.1, 0.15) is 29.5 Å². The number of ether oxygens (including phenoxy) is 1. The Morgan fingerprint density at radius 3 is 2.63 bits per heavy atom. The molecule has 2 saturated heterocycles. The summed E-state index contributed by atoms with van der Waals surface area (Å²) in [4.78, 5) is 31.1. The Kier molecular flexibility index (Phi) is 8.31. The largest absolute Gasteiger partial charge is 0.494 e. The fraction of sp³-hybridized carbons (Fsp3) is 0.345. The number of anilines is 5. The summed E-state index contributed by atoms with van der Waals surface area (Å²) in [5, 5.41) is 7.54. The quantitative estimate of drug-likeness (QED) is 0.360. The number of carbonyl (C=O) groups excluding carboxylic acids is 1. The van der Waals surface area contributed by atoms with Crippen LogP contribution in [0.2, 0.25) is 0 Å². The van der Waals surface area contributed by atoms with Gasteiger partial charge in [-0.05, 0) is 44.8 Å². The van der Waals surface area contributed by atoms with Gasteiger partial charge < -0.3 is 25.2 Å². The molecule has 0 bridgehead atoms. The first kappa shape index (κ1) is 28.2. The molecular formula is C29H33F2N7O3. The highest BCUT2D eigenvalue weighted by Crippen LogP contribution is 2.41. The Bertz CT molecular complexity index is 1420. The van der Waals surface area contributed by atoms with Crippen molar-refractivity contribution in [3.63, 3.8) is 0 Å². The van der Waals surface area contributed by atoms with Crippen molar-refractivity contribution in [2.45, 2.75) is 24.9 Å². The summed E-state index contributed by atoms with van der Waals surface area (Å²) in [6.07, 6.45) is 3.93. The van der Waals surface area contributed by atoms with Gasteiger partial charge in [-0.1, -0.05) is 12.6 Å². The molecule has 2 unspecified atom stereocenters. The van der Waals surface area contributed by atoms with Crippen molar-refractivity contribution >= 4 is 34.6 Å². The molecule has 41 heavy (non-hydrogen) atoms. The maximum absolute atomic E-state index is 14.6. The predicted octanol–water partition coefficient (Wildman–Crippen LogP) is 4.65. The number of halogens is 2. The summed E-state index contributed by atoms with van der Waals surface area (Å²) in [6.45, 7) is 5.48. The third kappa shape index (κ3) is 5.93. The van der Waals surface area contributed by atoms with Gasteiger partial charge in [-0.15, -0.1) is 0 Å². The molecule has 5 rings (SSSR count). The zero-order valence-electron chi connectivity index (χ0n) is 23.2. The van der Waals surface area contributed by atoms with Crippen molar-refractivity contribution in [1.82, 2.24) is 14.9 Å². The molecule has 1 aromatic heterocycles. The number of hydrogen-bond donors (Lipinski definition) is 2. The van der Waals surface area contributed by atoms with Gasteiger partial charge in [0.2, 0.25) is 5.91 Å². The molecule has 3 heterocycles. The standard InChI is InChI=1S/C29H33F2N7O3/c1-5-28(39)35-21-13-22(25(40-4)14-24(21)37-11-9-18(16-37)36(2)3)34-26-15-27(33-17-32-26)38-23(10-12-41-38)29-19(30)7-6-8-20(29)31/h5-8,13-15,17-18,23H,1,9-12,16H2,2-4H3,(H,35,39)(H,32,33,34). The van der Waals surface area contributed by atoms with Crippen LogP contribution in [-0.4, -0.2) is 67.7 Å². The second kappa shape index (κ2) is 12.1. The average Bonchev–Trinajstić information content (AvgIpc) is 3.64. The normalized spacial score (nSPS) is 18.6. The van der Waals surface area contributed by atoms with Crippen LogP contribution in [0, 0.1) is 11.6 Å². The monoisotopic (exact) mass is 565 g/mol. The number of amides is 1. The molecule has 10 nitrogen and oxygen atoms in total. The molecule has 2 aliphatic rings. The number of carbonyl (C=O) groups is 1. The first-order valence-electron chi connectivity index (χ1n) is 13.3. The van der Waals surface area contributed by atoms with Crippen molar-refractivity contribution in [2.75, 3.05) is 61.5 Å². The molecule has 0 spiro atoms. The lowest BCUT2D eigenvalue weighted by Crippen LogP contribution is -2.31. The van der Waals surface area contributed by atoms with Crippen LogP contribution >= 0.6 is 0 Å². The van der Waals surface area contributed by atoms with Crippen LogP contribution in [0.5, 0.6) is 5.75 Å². The zero-order chi connectivity index (χ0) is 29.1. The van der Waals surface area contributed by atoms with Crippen LogP contribution in [0.1, 0.15) is 24.4 Å². The van der Waals surface area contributed by atoms with Crippen LogP contribution in [0.3, 0.4) is 0 Å². The summed E-state index contributed by atoms with van der Waals surface area (Å²) in [6, 6.07) is 8.75. The number of nitrogens with one attached hydrogen (secondary N) is 2. The van der Waals surface area contributed by atoms with Crippen LogP contribution in [0.25, 0.3) is 0 Å². The molecule has 1 amide bonds. The number of aromatic nitrogens is 2. The van der Waals surface area contributed by atoms with Gasteiger partial charge in [-0.2, -0.15) is 0 Å². The number of hydrogen-bond acceptors (Lipinski definition) is 9. The van der Waals surface area contributed by atoms with Crippen molar-refractivity contribution in [2.24, 2.45) is 0 Å². The number of rotatable bonds is 9. The fourth-order valence-corrected chi connectivity index (χ4v) is 5.22. The van der Waals surface area contributed by atoms with E-state index in [1.54, 1.807) is 19.2 Å². The van der Waals surface area contributed by atoms with E-state index in [2.05, 4.69) is 51.1 Å². The molecule has 2 N–H and O–H groups in total. The molecule has 2 aromatic carbocycles. The summed E-state index contributed by atoms with van der Waals surface area (Å²) in [5.74, 6) is -0.380.